The van der Waals surface area contributed by atoms with Crippen LogP contribution in [0.5, 0.6) is 0 Å². The molecule has 1 aliphatic rings. The van der Waals surface area contributed by atoms with Gasteiger partial charge in [0.25, 0.3) is 5.91 Å². The molecule has 1 fully saturated rings. The fourth-order valence-electron chi connectivity index (χ4n) is 3.81. The van der Waals surface area contributed by atoms with Crippen molar-refractivity contribution in [1.82, 2.24) is 10.2 Å². The number of nitrogens with one attached hydrogen (secondary N) is 2. The zero-order valence-electron chi connectivity index (χ0n) is 17.5. The molecule has 1 saturated heterocycles. The zero-order valence-corrected chi connectivity index (χ0v) is 17.5. The maximum absolute atomic E-state index is 12.4. The molecule has 2 N–H and O–H groups in total. The first kappa shape index (κ1) is 20.7. The van der Waals surface area contributed by atoms with E-state index in [0.29, 0.717) is 12.1 Å². The van der Waals surface area contributed by atoms with Crippen molar-refractivity contribution >= 4 is 17.5 Å². The number of carbonyl (C=O) groups is 2. The van der Waals surface area contributed by atoms with Crippen LogP contribution < -0.4 is 10.6 Å². The van der Waals surface area contributed by atoms with Crippen LogP contribution in [0.2, 0.25) is 0 Å². The molecule has 0 radical (unpaired) electrons. The second-order valence-electron chi connectivity index (χ2n) is 7.74. The second-order valence-corrected chi connectivity index (χ2v) is 7.74. The Morgan fingerprint density at radius 1 is 0.806 bits per heavy atom. The Morgan fingerprint density at radius 3 is 2.23 bits per heavy atom. The molecule has 0 aliphatic carbocycles. The van der Waals surface area contributed by atoms with Gasteiger partial charge in [-0.15, -0.1) is 0 Å². The van der Waals surface area contributed by atoms with E-state index in [2.05, 4.69) is 22.8 Å². The van der Waals surface area contributed by atoms with Gasteiger partial charge in [0.1, 0.15) is 0 Å². The molecular formula is C26H27N3O2. The van der Waals surface area contributed by atoms with E-state index in [1.165, 1.54) is 0 Å². The van der Waals surface area contributed by atoms with Crippen molar-refractivity contribution in [3.8, 4) is 11.1 Å². The van der Waals surface area contributed by atoms with Crippen molar-refractivity contribution in [1.29, 1.82) is 0 Å². The van der Waals surface area contributed by atoms with Gasteiger partial charge in [0.2, 0.25) is 5.91 Å². The molecule has 5 nitrogen and oxygen atoms in total. The lowest BCUT2D eigenvalue weighted by Gasteiger charge is -2.15. The third-order valence-electron chi connectivity index (χ3n) is 5.54. The largest absolute Gasteiger partial charge is 0.376 e. The maximum Gasteiger partial charge on any atom is 0.253 e. The SMILES string of the molecule is O=C(CNc1ccccc1-c1ccccc1)NCc1ccc(C(=O)N2CCCC2)cc1. The molecule has 158 valence electrons. The average molecular weight is 414 g/mol. The van der Waals surface area contributed by atoms with E-state index in [4.69, 9.17) is 0 Å². The van der Waals surface area contributed by atoms with E-state index < -0.39 is 0 Å². The van der Waals surface area contributed by atoms with Crippen LogP contribution in [-0.2, 0) is 11.3 Å². The molecule has 5 heteroatoms. The average Bonchev–Trinajstić information content (AvgIpc) is 3.37. The third-order valence-corrected chi connectivity index (χ3v) is 5.54. The lowest BCUT2D eigenvalue weighted by atomic mass is 10.0. The van der Waals surface area contributed by atoms with Gasteiger partial charge in [-0.05, 0) is 42.2 Å². The first-order valence-corrected chi connectivity index (χ1v) is 10.7. The topological polar surface area (TPSA) is 61.4 Å². The minimum Gasteiger partial charge on any atom is -0.376 e. The summed E-state index contributed by atoms with van der Waals surface area (Å²) in [5.74, 6) is 0.00875. The summed E-state index contributed by atoms with van der Waals surface area (Å²) in [5.41, 5.74) is 4.77. The summed E-state index contributed by atoms with van der Waals surface area (Å²) in [6.07, 6.45) is 2.17. The molecule has 2 amide bonds. The fourth-order valence-corrected chi connectivity index (χ4v) is 3.81. The van der Waals surface area contributed by atoms with Gasteiger partial charge in [0.05, 0.1) is 6.54 Å². The predicted octanol–water partition coefficient (Wildman–Crippen LogP) is 4.32. The molecule has 31 heavy (non-hydrogen) atoms. The van der Waals surface area contributed by atoms with Crippen molar-refractivity contribution in [2.75, 3.05) is 25.0 Å². The van der Waals surface area contributed by atoms with Crippen LogP contribution >= 0.6 is 0 Å². The van der Waals surface area contributed by atoms with Crippen molar-refractivity contribution in [3.63, 3.8) is 0 Å². The first-order chi connectivity index (χ1) is 15.2. The van der Waals surface area contributed by atoms with Crippen LogP contribution in [0.4, 0.5) is 5.69 Å². The van der Waals surface area contributed by atoms with E-state index in [1.54, 1.807) is 0 Å². The van der Waals surface area contributed by atoms with Crippen LogP contribution in [0.3, 0.4) is 0 Å². The number of carbonyl (C=O) groups excluding carboxylic acids is 2. The van der Waals surface area contributed by atoms with Crippen LogP contribution in [0.1, 0.15) is 28.8 Å². The van der Waals surface area contributed by atoms with Crippen LogP contribution in [0.15, 0.2) is 78.9 Å². The normalized spacial score (nSPS) is 13.1. The van der Waals surface area contributed by atoms with Crippen LogP contribution in [0, 0.1) is 0 Å². The number of anilines is 1. The van der Waals surface area contributed by atoms with E-state index in [1.807, 2.05) is 71.6 Å². The summed E-state index contributed by atoms with van der Waals surface area (Å²) in [4.78, 5) is 26.7. The molecule has 1 aliphatic heterocycles. The van der Waals surface area contributed by atoms with Crippen LogP contribution in [-0.4, -0.2) is 36.3 Å². The Bertz CT molecular complexity index is 1030. The van der Waals surface area contributed by atoms with Crippen molar-refractivity contribution in [2.45, 2.75) is 19.4 Å². The van der Waals surface area contributed by atoms with Gasteiger partial charge < -0.3 is 15.5 Å². The Kier molecular flexibility index (Phi) is 6.62. The summed E-state index contributed by atoms with van der Waals surface area (Å²) >= 11 is 0. The summed E-state index contributed by atoms with van der Waals surface area (Å²) in [6, 6.07) is 25.6. The monoisotopic (exact) mass is 413 g/mol. The molecule has 1 heterocycles. The standard InChI is InChI=1S/C26H27N3O2/c30-25(19-27-24-11-5-4-10-23(24)21-8-2-1-3-9-21)28-18-20-12-14-22(15-13-20)26(31)29-16-6-7-17-29/h1-5,8-15,27H,6-7,16-19H2,(H,28,30). The van der Waals surface area contributed by atoms with Gasteiger partial charge in [-0.3, -0.25) is 9.59 Å². The van der Waals surface area contributed by atoms with E-state index in [9.17, 15) is 9.59 Å². The van der Waals surface area contributed by atoms with Crippen molar-refractivity contribution in [2.24, 2.45) is 0 Å². The van der Waals surface area contributed by atoms with Gasteiger partial charge in [-0.25, -0.2) is 0 Å². The molecular weight excluding hydrogens is 386 g/mol. The van der Waals surface area contributed by atoms with Gasteiger partial charge in [-0.1, -0.05) is 60.7 Å². The molecule has 0 unspecified atom stereocenters. The molecule has 0 bridgehead atoms. The van der Waals surface area contributed by atoms with Gasteiger partial charge in [-0.2, -0.15) is 0 Å². The zero-order chi connectivity index (χ0) is 21.5. The van der Waals surface area contributed by atoms with Gasteiger partial charge in [0.15, 0.2) is 0 Å². The molecule has 0 spiro atoms. The van der Waals surface area contributed by atoms with Crippen molar-refractivity contribution in [3.05, 3.63) is 90.0 Å². The highest BCUT2D eigenvalue weighted by atomic mass is 16.2. The number of benzene rings is 3. The number of nitrogens with zero attached hydrogens (tertiary/aromatic N) is 1. The number of rotatable bonds is 7. The smallest absolute Gasteiger partial charge is 0.253 e. The number of hydrogen-bond donors (Lipinski definition) is 2. The van der Waals surface area contributed by atoms with E-state index in [-0.39, 0.29) is 18.4 Å². The Hall–Kier alpha value is -3.60. The minimum absolute atomic E-state index is 0.0833. The predicted molar refractivity (Wildman–Crippen MR) is 124 cm³/mol. The highest BCUT2D eigenvalue weighted by molar-refractivity contribution is 5.94. The van der Waals surface area contributed by atoms with Crippen molar-refractivity contribution < 1.29 is 9.59 Å². The second kappa shape index (κ2) is 9.94. The molecule has 0 atom stereocenters. The number of para-hydroxylation sites is 1. The summed E-state index contributed by atoms with van der Waals surface area (Å²) in [6.45, 7) is 2.31. The van der Waals surface area contributed by atoms with Crippen LogP contribution in [0.25, 0.3) is 11.1 Å². The number of likely N-dealkylation sites (tertiary alicyclic amines) is 1. The fraction of sp³-hybridized carbons (Fsp3) is 0.231. The molecule has 3 aromatic rings. The lowest BCUT2D eigenvalue weighted by Crippen LogP contribution is -2.29. The molecule has 0 aromatic heterocycles. The van der Waals surface area contributed by atoms with E-state index in [0.717, 1.165) is 48.3 Å². The molecule has 0 saturated carbocycles. The maximum atomic E-state index is 12.4. The third kappa shape index (κ3) is 5.31. The summed E-state index contributed by atoms with van der Waals surface area (Å²) in [7, 11) is 0. The molecule has 4 rings (SSSR count). The lowest BCUT2D eigenvalue weighted by molar-refractivity contribution is -0.119. The Morgan fingerprint density at radius 2 is 1.48 bits per heavy atom. The summed E-state index contributed by atoms with van der Waals surface area (Å²) in [5, 5.41) is 6.18. The quantitative estimate of drug-likeness (QED) is 0.607. The minimum atomic E-state index is -0.0833. The molecule has 3 aromatic carbocycles. The van der Waals surface area contributed by atoms with E-state index >= 15 is 0 Å². The Balaban J connectivity index is 1.29. The highest BCUT2D eigenvalue weighted by Gasteiger charge is 2.19. The highest BCUT2D eigenvalue weighted by Crippen LogP contribution is 2.27. The number of hydrogen-bond acceptors (Lipinski definition) is 3. The van der Waals surface area contributed by atoms with Gasteiger partial charge in [0, 0.05) is 36.4 Å². The summed E-state index contributed by atoms with van der Waals surface area (Å²) < 4.78 is 0. The number of amides is 2. The Labute approximate surface area is 183 Å². The van der Waals surface area contributed by atoms with Gasteiger partial charge >= 0.3 is 0 Å². The first-order valence-electron chi connectivity index (χ1n) is 10.7.